The lowest BCUT2D eigenvalue weighted by atomic mass is 10.2. The van der Waals surface area contributed by atoms with Gasteiger partial charge in [-0.15, -0.1) is 11.8 Å². The van der Waals surface area contributed by atoms with Gasteiger partial charge in [0, 0.05) is 11.4 Å². The van der Waals surface area contributed by atoms with Crippen LogP contribution in [0.4, 0.5) is 0 Å². The van der Waals surface area contributed by atoms with Crippen LogP contribution in [0.5, 0.6) is 0 Å². The highest BCUT2D eigenvalue weighted by molar-refractivity contribution is 8.00. The summed E-state index contributed by atoms with van der Waals surface area (Å²) in [5.41, 5.74) is 2.92. The first kappa shape index (κ1) is 17.1. The summed E-state index contributed by atoms with van der Waals surface area (Å²) in [5, 5.41) is 6.42. The summed E-state index contributed by atoms with van der Waals surface area (Å²) >= 11 is 1.68. The number of hydrogen-bond donors (Lipinski definition) is 3. The molecule has 2 atom stereocenters. The molecule has 1 aliphatic rings. The standard InChI is InChI=1S/C19H20N4O2S/c24-19(20-9-13-6-7-15-16(8-13)22-12-21-15)17-10-25-11-18(23-17)26-14-4-2-1-3-5-14/h1-8,12,17-18,23H,9-11H2,(H,20,24)(H,21,22)/t17-,18?/m1/s1. The third-order valence-corrected chi connectivity index (χ3v) is 5.33. The molecule has 4 rings (SSSR count). The summed E-state index contributed by atoms with van der Waals surface area (Å²) in [4.78, 5) is 20.9. The number of morpholine rings is 1. The zero-order valence-corrected chi connectivity index (χ0v) is 15.0. The molecule has 2 heterocycles. The van der Waals surface area contributed by atoms with Gasteiger partial charge in [-0.1, -0.05) is 24.3 Å². The van der Waals surface area contributed by atoms with Gasteiger partial charge in [0.2, 0.25) is 5.91 Å². The molecule has 7 heteroatoms. The van der Waals surface area contributed by atoms with E-state index >= 15 is 0 Å². The number of nitrogens with zero attached hydrogens (tertiary/aromatic N) is 1. The van der Waals surface area contributed by atoms with Gasteiger partial charge in [0.1, 0.15) is 6.04 Å². The van der Waals surface area contributed by atoms with Gasteiger partial charge in [0.25, 0.3) is 0 Å². The highest BCUT2D eigenvalue weighted by atomic mass is 32.2. The molecule has 1 fully saturated rings. The van der Waals surface area contributed by atoms with E-state index in [1.54, 1.807) is 18.1 Å². The van der Waals surface area contributed by atoms with Crippen LogP contribution < -0.4 is 10.6 Å². The van der Waals surface area contributed by atoms with Gasteiger partial charge in [-0.3, -0.25) is 10.1 Å². The number of nitrogens with one attached hydrogen (secondary N) is 3. The molecule has 1 amide bonds. The fourth-order valence-electron chi connectivity index (χ4n) is 2.90. The topological polar surface area (TPSA) is 79.0 Å². The van der Waals surface area contributed by atoms with Gasteiger partial charge >= 0.3 is 0 Å². The number of carbonyl (C=O) groups excluding carboxylic acids is 1. The van der Waals surface area contributed by atoms with E-state index in [4.69, 9.17) is 4.74 Å². The molecule has 1 aliphatic heterocycles. The number of carbonyl (C=O) groups is 1. The van der Waals surface area contributed by atoms with Crippen LogP contribution in [0.3, 0.4) is 0 Å². The van der Waals surface area contributed by atoms with Crippen molar-refractivity contribution in [2.24, 2.45) is 0 Å². The SMILES string of the molecule is O=C(NCc1ccc2nc[nH]c2c1)[C@H]1COCC(Sc2ccccc2)N1. The lowest BCUT2D eigenvalue weighted by Gasteiger charge is -2.30. The Morgan fingerprint density at radius 3 is 3.00 bits per heavy atom. The van der Waals surface area contributed by atoms with E-state index < -0.39 is 0 Å². The van der Waals surface area contributed by atoms with Crippen LogP contribution in [0, 0.1) is 0 Å². The molecule has 26 heavy (non-hydrogen) atoms. The summed E-state index contributed by atoms with van der Waals surface area (Å²) in [6.07, 6.45) is 1.67. The molecular formula is C19H20N4O2S. The Labute approximate surface area is 155 Å². The molecule has 134 valence electrons. The predicted octanol–water partition coefficient (Wildman–Crippen LogP) is 2.29. The average molecular weight is 368 g/mol. The normalized spacial score (nSPS) is 20.2. The molecule has 3 aromatic rings. The molecule has 1 aromatic heterocycles. The van der Waals surface area contributed by atoms with Gasteiger partial charge in [-0.2, -0.15) is 0 Å². The first-order valence-electron chi connectivity index (χ1n) is 8.53. The number of ether oxygens (including phenoxy) is 1. The maximum absolute atomic E-state index is 12.5. The summed E-state index contributed by atoms with van der Waals surface area (Å²) < 4.78 is 5.63. The number of aromatic nitrogens is 2. The van der Waals surface area contributed by atoms with Crippen molar-refractivity contribution < 1.29 is 9.53 Å². The van der Waals surface area contributed by atoms with Crippen molar-refractivity contribution in [2.75, 3.05) is 13.2 Å². The minimum Gasteiger partial charge on any atom is -0.377 e. The Morgan fingerprint density at radius 1 is 1.23 bits per heavy atom. The average Bonchev–Trinajstić information content (AvgIpc) is 3.15. The number of amides is 1. The van der Waals surface area contributed by atoms with Crippen molar-refractivity contribution in [3.8, 4) is 0 Å². The van der Waals surface area contributed by atoms with E-state index in [0.29, 0.717) is 19.8 Å². The zero-order valence-electron chi connectivity index (χ0n) is 14.1. The van der Waals surface area contributed by atoms with Crippen molar-refractivity contribution in [2.45, 2.75) is 22.9 Å². The van der Waals surface area contributed by atoms with Crippen LogP contribution in [0.15, 0.2) is 59.8 Å². The number of fused-ring (bicyclic) bond motifs is 1. The molecule has 0 spiro atoms. The van der Waals surface area contributed by atoms with Crippen molar-refractivity contribution in [3.63, 3.8) is 0 Å². The molecular weight excluding hydrogens is 348 g/mol. The highest BCUT2D eigenvalue weighted by Gasteiger charge is 2.27. The van der Waals surface area contributed by atoms with Crippen LogP contribution in [0.1, 0.15) is 5.56 Å². The Bertz CT molecular complexity index is 883. The fourth-order valence-corrected chi connectivity index (χ4v) is 3.94. The lowest BCUT2D eigenvalue weighted by molar-refractivity contribution is -0.126. The number of benzene rings is 2. The highest BCUT2D eigenvalue weighted by Crippen LogP contribution is 2.23. The minimum absolute atomic E-state index is 0.0481. The van der Waals surface area contributed by atoms with E-state index in [1.807, 2.05) is 36.4 Å². The van der Waals surface area contributed by atoms with Crippen molar-refractivity contribution in [1.29, 1.82) is 0 Å². The summed E-state index contributed by atoms with van der Waals surface area (Å²) in [5.74, 6) is -0.0481. The van der Waals surface area contributed by atoms with E-state index in [1.165, 1.54) is 0 Å². The number of aromatic amines is 1. The molecule has 1 unspecified atom stereocenters. The summed E-state index contributed by atoms with van der Waals surface area (Å²) in [7, 11) is 0. The molecule has 3 N–H and O–H groups in total. The van der Waals surface area contributed by atoms with E-state index in [-0.39, 0.29) is 17.3 Å². The smallest absolute Gasteiger partial charge is 0.239 e. The lowest BCUT2D eigenvalue weighted by Crippen LogP contribution is -2.54. The number of thioether (sulfide) groups is 1. The third-order valence-electron chi connectivity index (χ3n) is 4.23. The van der Waals surface area contributed by atoms with E-state index in [9.17, 15) is 4.79 Å². The fraction of sp³-hybridized carbons (Fsp3) is 0.263. The molecule has 0 aliphatic carbocycles. The Hall–Kier alpha value is -2.35. The van der Waals surface area contributed by atoms with Crippen molar-refractivity contribution in [1.82, 2.24) is 20.6 Å². The van der Waals surface area contributed by atoms with Gasteiger partial charge in [0.05, 0.1) is 35.9 Å². The largest absolute Gasteiger partial charge is 0.377 e. The Kier molecular flexibility index (Phi) is 5.19. The second-order valence-electron chi connectivity index (χ2n) is 6.15. The summed E-state index contributed by atoms with van der Waals surface area (Å²) in [6, 6.07) is 15.7. The first-order chi connectivity index (χ1) is 12.8. The second kappa shape index (κ2) is 7.90. The second-order valence-corrected chi connectivity index (χ2v) is 7.42. The van der Waals surface area contributed by atoms with Crippen LogP contribution in [0.25, 0.3) is 11.0 Å². The predicted molar refractivity (Wildman–Crippen MR) is 102 cm³/mol. The quantitative estimate of drug-likeness (QED) is 0.644. The Balaban J connectivity index is 1.32. The number of rotatable bonds is 5. The van der Waals surface area contributed by atoms with Crippen molar-refractivity contribution in [3.05, 3.63) is 60.4 Å². The van der Waals surface area contributed by atoms with Crippen molar-refractivity contribution >= 4 is 28.7 Å². The third kappa shape index (κ3) is 4.07. The van der Waals surface area contributed by atoms with E-state index in [2.05, 4.69) is 32.7 Å². The molecule has 0 radical (unpaired) electrons. The minimum atomic E-state index is -0.346. The number of H-pyrrole nitrogens is 1. The monoisotopic (exact) mass is 368 g/mol. The van der Waals surface area contributed by atoms with Crippen LogP contribution in [-0.2, 0) is 16.1 Å². The molecule has 0 saturated carbocycles. The molecule has 6 nitrogen and oxygen atoms in total. The zero-order chi connectivity index (χ0) is 17.8. The van der Waals surface area contributed by atoms with Crippen LogP contribution in [0.2, 0.25) is 0 Å². The number of imidazole rings is 1. The maximum Gasteiger partial charge on any atom is 0.239 e. The van der Waals surface area contributed by atoms with Gasteiger partial charge < -0.3 is 15.0 Å². The first-order valence-corrected chi connectivity index (χ1v) is 9.41. The molecule has 1 saturated heterocycles. The van der Waals surface area contributed by atoms with E-state index in [0.717, 1.165) is 21.5 Å². The van der Waals surface area contributed by atoms with Crippen LogP contribution >= 0.6 is 11.8 Å². The summed E-state index contributed by atoms with van der Waals surface area (Å²) in [6.45, 7) is 1.44. The number of hydrogen-bond acceptors (Lipinski definition) is 5. The van der Waals surface area contributed by atoms with Gasteiger partial charge in [-0.25, -0.2) is 4.98 Å². The van der Waals surface area contributed by atoms with Gasteiger partial charge in [-0.05, 0) is 29.8 Å². The van der Waals surface area contributed by atoms with Crippen LogP contribution in [-0.4, -0.2) is 40.5 Å². The Morgan fingerprint density at radius 2 is 2.12 bits per heavy atom. The maximum atomic E-state index is 12.5. The molecule has 0 bridgehead atoms. The van der Waals surface area contributed by atoms with Gasteiger partial charge in [0.15, 0.2) is 0 Å². The molecule has 2 aromatic carbocycles.